The van der Waals surface area contributed by atoms with Crippen LogP contribution >= 0.6 is 0 Å². The van der Waals surface area contributed by atoms with Gasteiger partial charge in [-0.2, -0.15) is 0 Å². The van der Waals surface area contributed by atoms with Crippen LogP contribution in [-0.4, -0.2) is 47.9 Å². The second kappa shape index (κ2) is 11.6. The molecule has 0 bridgehead atoms. The van der Waals surface area contributed by atoms with E-state index in [1.807, 2.05) is 13.0 Å². The zero-order valence-corrected chi connectivity index (χ0v) is 22.3. The lowest BCUT2D eigenvalue weighted by Gasteiger charge is -2.31. The van der Waals surface area contributed by atoms with E-state index in [2.05, 4.69) is 27.9 Å². The molecule has 4 rings (SSSR count). The molecule has 2 aliphatic rings. The fraction of sp³-hybridized carbons (Fsp3) is 0.333. The van der Waals surface area contributed by atoms with Gasteiger partial charge in [-0.1, -0.05) is 12.7 Å². The van der Waals surface area contributed by atoms with Gasteiger partial charge in [0.05, 0.1) is 22.8 Å². The molecule has 6 nitrogen and oxygen atoms in total. The Morgan fingerprint density at radius 3 is 2.45 bits per heavy atom. The number of carbonyl (C=O) groups is 1. The Hall–Kier alpha value is -3.94. The molecule has 2 heterocycles. The first-order chi connectivity index (χ1) is 18.2. The van der Waals surface area contributed by atoms with Crippen LogP contribution in [-0.2, 0) is 0 Å². The second-order valence-electron chi connectivity index (χ2n) is 9.81. The number of carbonyl (C=O) groups excluding carboxylic acids is 1. The molecule has 8 heteroatoms. The molecule has 2 aromatic rings. The van der Waals surface area contributed by atoms with Crippen LogP contribution in [0.4, 0.5) is 14.5 Å². The first-order valence-electron chi connectivity index (χ1n) is 13.0. The summed E-state index contributed by atoms with van der Waals surface area (Å²) in [6.07, 6.45) is 11.0. The van der Waals surface area contributed by atoms with Crippen molar-refractivity contribution in [1.82, 2.24) is 20.1 Å². The normalized spacial score (nSPS) is 15.8. The van der Waals surface area contributed by atoms with E-state index in [0.717, 1.165) is 67.9 Å². The Morgan fingerprint density at radius 2 is 1.84 bits per heavy atom. The summed E-state index contributed by atoms with van der Waals surface area (Å²) in [4.78, 5) is 20.7. The number of aromatic nitrogens is 1. The van der Waals surface area contributed by atoms with E-state index in [0.29, 0.717) is 11.4 Å². The standard InChI is InChI=1S/C30H35F2N5O/c1-5-10-26(37-15-8-7-9-16-37)25(6-2)34-27(19-11-12-19)29-24(33)18-23(32)28(35-29)21-17-20(13-14-22(21)31)30(38)36(3)4/h5-6,10,13-14,17-18,34H,2,7-9,11-12,15-16,33H2,1,3-4H3/b10-5-,26-25-. The minimum absolute atomic E-state index is 0.0981. The molecule has 1 saturated heterocycles. The quantitative estimate of drug-likeness (QED) is 0.427. The summed E-state index contributed by atoms with van der Waals surface area (Å²) < 4.78 is 30.1. The number of piperidine rings is 1. The van der Waals surface area contributed by atoms with E-state index < -0.39 is 11.6 Å². The summed E-state index contributed by atoms with van der Waals surface area (Å²) in [5.41, 5.74) is 10.3. The third-order valence-corrected chi connectivity index (χ3v) is 6.73. The minimum atomic E-state index is -0.762. The van der Waals surface area contributed by atoms with Gasteiger partial charge in [0.2, 0.25) is 0 Å². The lowest BCUT2D eigenvalue weighted by Crippen LogP contribution is -2.31. The molecule has 38 heavy (non-hydrogen) atoms. The molecule has 0 atom stereocenters. The van der Waals surface area contributed by atoms with Crippen molar-refractivity contribution in [3.8, 4) is 11.3 Å². The van der Waals surface area contributed by atoms with Crippen molar-refractivity contribution in [1.29, 1.82) is 0 Å². The number of nitrogens with one attached hydrogen (secondary N) is 1. The molecular formula is C30H35F2N5O. The van der Waals surface area contributed by atoms with E-state index in [4.69, 9.17) is 5.73 Å². The molecule has 1 aliphatic carbocycles. The second-order valence-corrected chi connectivity index (χ2v) is 9.81. The van der Waals surface area contributed by atoms with E-state index in [1.165, 1.54) is 23.5 Å². The lowest BCUT2D eigenvalue weighted by molar-refractivity contribution is 0.0827. The Labute approximate surface area is 223 Å². The highest BCUT2D eigenvalue weighted by atomic mass is 19.1. The molecule has 1 aromatic heterocycles. The maximum Gasteiger partial charge on any atom is 0.253 e. The van der Waals surface area contributed by atoms with Gasteiger partial charge >= 0.3 is 0 Å². The highest BCUT2D eigenvalue weighted by Crippen LogP contribution is 2.38. The fourth-order valence-electron chi connectivity index (χ4n) is 4.63. The Kier molecular flexibility index (Phi) is 8.29. The highest BCUT2D eigenvalue weighted by Gasteiger charge is 2.26. The van der Waals surface area contributed by atoms with E-state index in [9.17, 15) is 9.18 Å². The van der Waals surface area contributed by atoms with Crippen molar-refractivity contribution in [3.05, 3.63) is 88.9 Å². The maximum absolute atomic E-state index is 15.2. The molecule has 2 fully saturated rings. The number of anilines is 1. The largest absolute Gasteiger partial charge is 0.397 e. The van der Waals surface area contributed by atoms with Crippen LogP contribution in [0.3, 0.4) is 0 Å². The molecular weight excluding hydrogens is 484 g/mol. The van der Waals surface area contributed by atoms with E-state index in [-0.39, 0.29) is 28.4 Å². The number of nitrogens with zero attached hydrogens (tertiary/aromatic N) is 3. The van der Waals surface area contributed by atoms with Gasteiger partial charge in [-0.05, 0) is 75.0 Å². The first-order valence-corrected chi connectivity index (χ1v) is 13.0. The van der Waals surface area contributed by atoms with Crippen LogP contribution < -0.4 is 11.1 Å². The molecule has 0 unspecified atom stereocenters. The zero-order chi connectivity index (χ0) is 27.4. The molecule has 1 amide bonds. The van der Waals surface area contributed by atoms with Gasteiger partial charge in [0.1, 0.15) is 17.2 Å². The van der Waals surface area contributed by atoms with Gasteiger partial charge in [0.25, 0.3) is 5.91 Å². The SMILES string of the molecule is C=C/C(NC(=C1CC1)c1nc(-c2cc(C(=O)N(C)C)ccc2F)c(F)cc1N)=C(\C=C/C)N1CCCCC1. The number of allylic oxidation sites excluding steroid dienone is 4. The average Bonchev–Trinajstić information content (AvgIpc) is 3.75. The highest BCUT2D eigenvalue weighted by molar-refractivity contribution is 5.95. The Morgan fingerprint density at radius 1 is 1.13 bits per heavy atom. The van der Waals surface area contributed by atoms with Gasteiger partial charge in [-0.3, -0.25) is 4.79 Å². The number of hydrogen-bond acceptors (Lipinski definition) is 5. The number of rotatable bonds is 8. The van der Waals surface area contributed by atoms with Crippen LogP contribution in [0.15, 0.2) is 66.0 Å². The van der Waals surface area contributed by atoms with Crippen LogP contribution in [0.1, 0.15) is 55.1 Å². The van der Waals surface area contributed by atoms with Crippen molar-refractivity contribution in [2.24, 2.45) is 0 Å². The Balaban J connectivity index is 1.80. The van der Waals surface area contributed by atoms with Crippen LogP contribution in [0.25, 0.3) is 17.0 Å². The molecule has 3 N–H and O–H groups in total. The smallest absolute Gasteiger partial charge is 0.253 e. The summed E-state index contributed by atoms with van der Waals surface area (Å²) in [6.45, 7) is 7.91. The zero-order valence-electron chi connectivity index (χ0n) is 22.3. The van der Waals surface area contributed by atoms with Gasteiger partial charge < -0.3 is 20.9 Å². The monoisotopic (exact) mass is 519 g/mol. The number of hydrogen-bond donors (Lipinski definition) is 2. The number of nitrogens with two attached hydrogens (primary N) is 1. The van der Waals surface area contributed by atoms with Gasteiger partial charge in [0, 0.05) is 44.4 Å². The number of amides is 1. The summed E-state index contributed by atoms with van der Waals surface area (Å²) >= 11 is 0. The van der Waals surface area contributed by atoms with E-state index in [1.54, 1.807) is 20.2 Å². The number of nitrogen functional groups attached to an aromatic ring is 1. The van der Waals surface area contributed by atoms with Crippen molar-refractivity contribution in [3.63, 3.8) is 0 Å². The number of pyridine rings is 1. The lowest BCUT2D eigenvalue weighted by atomic mass is 10.0. The van der Waals surface area contributed by atoms with Crippen LogP contribution in [0.2, 0.25) is 0 Å². The summed E-state index contributed by atoms with van der Waals surface area (Å²) in [5, 5.41) is 3.49. The predicted octanol–water partition coefficient (Wildman–Crippen LogP) is 5.86. The molecule has 0 spiro atoms. The number of halogens is 2. The third-order valence-electron chi connectivity index (χ3n) is 6.73. The first kappa shape index (κ1) is 27.1. The van der Waals surface area contributed by atoms with Crippen molar-refractivity contribution in [2.45, 2.75) is 39.0 Å². The molecule has 1 aromatic carbocycles. The number of likely N-dealkylation sites (tertiary alicyclic amines) is 1. The fourth-order valence-corrected chi connectivity index (χ4v) is 4.63. The Bertz CT molecular complexity index is 1330. The number of benzene rings is 1. The van der Waals surface area contributed by atoms with Crippen molar-refractivity contribution in [2.75, 3.05) is 32.9 Å². The van der Waals surface area contributed by atoms with Gasteiger partial charge in [-0.25, -0.2) is 13.8 Å². The molecule has 200 valence electrons. The van der Waals surface area contributed by atoms with Crippen molar-refractivity contribution >= 4 is 17.3 Å². The minimum Gasteiger partial charge on any atom is -0.397 e. The molecule has 0 radical (unpaired) electrons. The summed E-state index contributed by atoms with van der Waals surface area (Å²) in [7, 11) is 3.20. The summed E-state index contributed by atoms with van der Waals surface area (Å²) in [6, 6.07) is 5.02. The predicted molar refractivity (Wildman–Crippen MR) is 149 cm³/mol. The molecule has 1 saturated carbocycles. The van der Waals surface area contributed by atoms with Crippen LogP contribution in [0.5, 0.6) is 0 Å². The average molecular weight is 520 g/mol. The van der Waals surface area contributed by atoms with Gasteiger partial charge in [-0.15, -0.1) is 0 Å². The third kappa shape index (κ3) is 5.79. The summed E-state index contributed by atoms with van der Waals surface area (Å²) in [5.74, 6) is -1.76. The van der Waals surface area contributed by atoms with Gasteiger partial charge in [0.15, 0.2) is 5.82 Å². The topological polar surface area (TPSA) is 74.5 Å². The maximum atomic E-state index is 15.2. The van der Waals surface area contributed by atoms with E-state index >= 15 is 4.39 Å². The molecule has 1 aliphatic heterocycles. The van der Waals surface area contributed by atoms with Crippen molar-refractivity contribution < 1.29 is 13.6 Å². The van der Waals surface area contributed by atoms with Crippen LogP contribution in [0, 0.1) is 11.6 Å².